The molecule has 2 rings (SSSR count). The summed E-state index contributed by atoms with van der Waals surface area (Å²) < 4.78 is 7.69. The number of imidazole rings is 1. The van der Waals surface area contributed by atoms with Gasteiger partial charge in [0.15, 0.2) is 0 Å². The first kappa shape index (κ1) is 15.3. The normalized spacial score (nSPS) is 16.9. The number of aromatic nitrogens is 2. The quantitative estimate of drug-likeness (QED) is 0.774. The fourth-order valence-electron chi connectivity index (χ4n) is 2.80. The molecule has 1 aromatic rings. The Morgan fingerprint density at radius 3 is 2.80 bits per heavy atom. The summed E-state index contributed by atoms with van der Waals surface area (Å²) in [7, 11) is 0. The molecule has 0 radical (unpaired) electrons. The zero-order valence-corrected chi connectivity index (χ0v) is 12.8. The van der Waals surface area contributed by atoms with Gasteiger partial charge in [0.2, 0.25) is 5.95 Å². The van der Waals surface area contributed by atoms with Crippen LogP contribution in [0.3, 0.4) is 0 Å². The van der Waals surface area contributed by atoms with Crippen molar-refractivity contribution in [2.45, 2.75) is 39.7 Å². The first-order valence-corrected chi connectivity index (χ1v) is 7.81. The van der Waals surface area contributed by atoms with Gasteiger partial charge in [0.05, 0.1) is 5.69 Å². The van der Waals surface area contributed by atoms with E-state index >= 15 is 0 Å². The zero-order valence-electron chi connectivity index (χ0n) is 12.8. The van der Waals surface area contributed by atoms with Gasteiger partial charge in [0, 0.05) is 39.0 Å². The van der Waals surface area contributed by atoms with Crippen LogP contribution in [0.4, 0.5) is 5.95 Å². The van der Waals surface area contributed by atoms with Crippen molar-refractivity contribution in [3.63, 3.8) is 0 Å². The summed E-state index contributed by atoms with van der Waals surface area (Å²) in [6.45, 7) is 9.66. The highest BCUT2D eigenvalue weighted by molar-refractivity contribution is 5.34. The van der Waals surface area contributed by atoms with E-state index in [1.165, 1.54) is 12.8 Å². The number of nitrogens with two attached hydrogens (primary N) is 1. The molecule has 20 heavy (non-hydrogen) atoms. The van der Waals surface area contributed by atoms with E-state index in [0.717, 1.165) is 57.5 Å². The van der Waals surface area contributed by atoms with Crippen molar-refractivity contribution in [2.75, 3.05) is 37.7 Å². The van der Waals surface area contributed by atoms with Gasteiger partial charge in [-0.25, -0.2) is 4.98 Å². The van der Waals surface area contributed by atoms with Gasteiger partial charge in [-0.2, -0.15) is 0 Å². The van der Waals surface area contributed by atoms with Crippen molar-refractivity contribution in [2.24, 2.45) is 11.7 Å². The molecular formula is C15H28N4O. The van der Waals surface area contributed by atoms with Crippen molar-refractivity contribution < 1.29 is 4.74 Å². The molecule has 5 nitrogen and oxygen atoms in total. The van der Waals surface area contributed by atoms with E-state index in [0.29, 0.717) is 5.92 Å². The smallest absolute Gasteiger partial charge is 0.205 e. The Labute approximate surface area is 122 Å². The molecule has 1 aliphatic rings. The molecule has 114 valence electrons. The predicted octanol–water partition coefficient (Wildman–Crippen LogP) is 1.79. The fraction of sp³-hybridized carbons (Fsp3) is 0.800. The molecule has 1 aliphatic heterocycles. The summed E-state index contributed by atoms with van der Waals surface area (Å²) in [4.78, 5) is 7.10. The highest BCUT2D eigenvalue weighted by atomic mass is 16.5. The first-order chi connectivity index (χ1) is 9.74. The molecule has 0 aliphatic carbocycles. The van der Waals surface area contributed by atoms with Gasteiger partial charge < -0.3 is 19.9 Å². The van der Waals surface area contributed by atoms with Crippen LogP contribution in [0.15, 0.2) is 6.20 Å². The van der Waals surface area contributed by atoms with Crippen molar-refractivity contribution in [1.29, 1.82) is 0 Å². The minimum Gasteiger partial charge on any atom is -0.382 e. The largest absolute Gasteiger partial charge is 0.382 e. The molecule has 1 aromatic heterocycles. The number of piperidine rings is 1. The summed E-state index contributed by atoms with van der Waals surface area (Å²) in [6.07, 6.45) is 5.55. The number of ether oxygens (including phenoxy) is 1. The van der Waals surface area contributed by atoms with E-state index in [4.69, 9.17) is 15.5 Å². The third kappa shape index (κ3) is 3.96. The lowest BCUT2D eigenvalue weighted by atomic mass is 9.97. The van der Waals surface area contributed by atoms with Crippen molar-refractivity contribution in [1.82, 2.24) is 9.55 Å². The minimum atomic E-state index is 0.689. The average molecular weight is 280 g/mol. The lowest BCUT2D eigenvalue weighted by Gasteiger charge is -2.32. The average Bonchev–Trinajstić information content (AvgIpc) is 2.85. The van der Waals surface area contributed by atoms with Crippen LogP contribution in [-0.2, 0) is 11.3 Å². The van der Waals surface area contributed by atoms with Crippen molar-refractivity contribution in [3.8, 4) is 0 Å². The first-order valence-electron chi connectivity index (χ1n) is 7.81. The Hall–Kier alpha value is -1.07. The van der Waals surface area contributed by atoms with Crippen molar-refractivity contribution >= 4 is 5.95 Å². The van der Waals surface area contributed by atoms with Crippen LogP contribution in [0.25, 0.3) is 0 Å². The van der Waals surface area contributed by atoms with E-state index in [9.17, 15) is 0 Å². The summed E-state index contributed by atoms with van der Waals surface area (Å²) in [5.41, 5.74) is 6.86. The van der Waals surface area contributed by atoms with Crippen LogP contribution in [-0.4, -0.2) is 42.4 Å². The standard InChI is InChI=1S/C15H28N4O/c1-3-20-10-4-7-19-12-13(2)17-15(19)18-8-5-14(11-16)6-9-18/h12,14H,3-11,16H2,1-2H3. The fourth-order valence-corrected chi connectivity index (χ4v) is 2.80. The van der Waals surface area contributed by atoms with Crippen LogP contribution in [0.1, 0.15) is 31.9 Å². The number of nitrogens with zero attached hydrogens (tertiary/aromatic N) is 3. The van der Waals surface area contributed by atoms with Crippen LogP contribution in [0.2, 0.25) is 0 Å². The van der Waals surface area contributed by atoms with Crippen LogP contribution in [0, 0.1) is 12.8 Å². The molecule has 0 unspecified atom stereocenters. The summed E-state index contributed by atoms with van der Waals surface area (Å²) in [6, 6.07) is 0. The van der Waals surface area contributed by atoms with Crippen LogP contribution < -0.4 is 10.6 Å². The van der Waals surface area contributed by atoms with Gasteiger partial charge in [-0.05, 0) is 45.6 Å². The third-order valence-electron chi connectivity index (χ3n) is 4.00. The molecule has 0 amide bonds. The van der Waals surface area contributed by atoms with Gasteiger partial charge in [-0.1, -0.05) is 0 Å². The molecule has 0 bridgehead atoms. The minimum absolute atomic E-state index is 0.689. The Morgan fingerprint density at radius 1 is 1.40 bits per heavy atom. The molecule has 0 atom stereocenters. The zero-order chi connectivity index (χ0) is 14.4. The monoisotopic (exact) mass is 280 g/mol. The van der Waals surface area contributed by atoms with Gasteiger partial charge in [-0.15, -0.1) is 0 Å². The van der Waals surface area contributed by atoms with Crippen LogP contribution in [0.5, 0.6) is 0 Å². The second-order valence-electron chi connectivity index (χ2n) is 5.59. The number of aryl methyl sites for hydroxylation is 2. The summed E-state index contributed by atoms with van der Waals surface area (Å²) in [5, 5.41) is 0. The lowest BCUT2D eigenvalue weighted by molar-refractivity contribution is 0.141. The summed E-state index contributed by atoms with van der Waals surface area (Å²) in [5.74, 6) is 1.81. The molecule has 5 heteroatoms. The highest BCUT2D eigenvalue weighted by Gasteiger charge is 2.21. The molecule has 1 fully saturated rings. The van der Waals surface area contributed by atoms with Crippen molar-refractivity contribution in [3.05, 3.63) is 11.9 Å². The molecule has 2 heterocycles. The molecule has 1 saturated heterocycles. The molecule has 0 spiro atoms. The van der Waals surface area contributed by atoms with Gasteiger partial charge in [-0.3, -0.25) is 0 Å². The maximum atomic E-state index is 5.76. The topological polar surface area (TPSA) is 56.3 Å². The van der Waals surface area contributed by atoms with Crippen LogP contribution >= 0.6 is 0 Å². The second kappa shape index (κ2) is 7.64. The van der Waals surface area contributed by atoms with E-state index in [-0.39, 0.29) is 0 Å². The maximum Gasteiger partial charge on any atom is 0.205 e. The van der Waals surface area contributed by atoms with E-state index in [1.807, 2.05) is 6.92 Å². The SMILES string of the molecule is CCOCCCn1cc(C)nc1N1CCC(CN)CC1. The van der Waals surface area contributed by atoms with E-state index in [1.54, 1.807) is 0 Å². The Bertz CT molecular complexity index is 397. The number of anilines is 1. The number of rotatable bonds is 7. The third-order valence-corrected chi connectivity index (χ3v) is 4.00. The molecule has 0 saturated carbocycles. The van der Waals surface area contributed by atoms with Gasteiger partial charge >= 0.3 is 0 Å². The Balaban J connectivity index is 1.93. The molecular weight excluding hydrogens is 252 g/mol. The second-order valence-corrected chi connectivity index (χ2v) is 5.59. The predicted molar refractivity (Wildman–Crippen MR) is 82.1 cm³/mol. The molecule has 2 N–H and O–H groups in total. The summed E-state index contributed by atoms with van der Waals surface area (Å²) >= 11 is 0. The highest BCUT2D eigenvalue weighted by Crippen LogP contribution is 2.22. The molecule has 0 aromatic carbocycles. The Kier molecular flexibility index (Phi) is 5.86. The van der Waals surface area contributed by atoms with Gasteiger partial charge in [0.1, 0.15) is 0 Å². The number of hydrogen-bond acceptors (Lipinski definition) is 4. The van der Waals surface area contributed by atoms with Gasteiger partial charge in [0.25, 0.3) is 0 Å². The maximum absolute atomic E-state index is 5.76. The van der Waals surface area contributed by atoms with E-state index in [2.05, 4.69) is 22.6 Å². The number of hydrogen-bond donors (Lipinski definition) is 1. The lowest BCUT2D eigenvalue weighted by Crippen LogP contribution is -2.37. The Morgan fingerprint density at radius 2 is 2.15 bits per heavy atom. The van der Waals surface area contributed by atoms with E-state index < -0.39 is 0 Å².